The Morgan fingerprint density at radius 3 is 2.96 bits per heavy atom. The first-order chi connectivity index (χ1) is 12.3. The number of ether oxygens (including phenoxy) is 1. The maximum Gasteiger partial charge on any atom is 0.223 e. The second-order valence-electron chi connectivity index (χ2n) is 7.05. The number of fused-ring (bicyclic) bond motifs is 1. The summed E-state index contributed by atoms with van der Waals surface area (Å²) in [6.45, 7) is 1.79. The topological polar surface area (TPSA) is 60.2 Å². The van der Waals surface area contributed by atoms with Crippen molar-refractivity contribution < 1.29 is 9.53 Å². The summed E-state index contributed by atoms with van der Waals surface area (Å²) in [5.41, 5.74) is 1.07. The minimum Gasteiger partial charge on any atom is -0.475 e. The molecular formula is C19H24N4O2. The SMILES string of the molecule is O=C(CC1CCCC1)N1Cc2cncn2[C@@H](COc2ccccn2)C1. The van der Waals surface area contributed by atoms with Gasteiger partial charge in [-0.2, -0.15) is 0 Å². The van der Waals surface area contributed by atoms with Gasteiger partial charge in [-0.05, 0) is 24.8 Å². The van der Waals surface area contributed by atoms with Gasteiger partial charge in [0.2, 0.25) is 11.8 Å². The van der Waals surface area contributed by atoms with Crippen LogP contribution in [0.4, 0.5) is 0 Å². The van der Waals surface area contributed by atoms with E-state index in [-0.39, 0.29) is 11.9 Å². The summed E-state index contributed by atoms with van der Waals surface area (Å²) < 4.78 is 7.96. The number of hydrogen-bond donors (Lipinski definition) is 0. The van der Waals surface area contributed by atoms with Crippen LogP contribution >= 0.6 is 0 Å². The molecule has 2 aromatic heterocycles. The molecule has 6 nitrogen and oxygen atoms in total. The first-order valence-electron chi connectivity index (χ1n) is 9.12. The lowest BCUT2D eigenvalue weighted by Crippen LogP contribution is -2.43. The largest absolute Gasteiger partial charge is 0.475 e. The van der Waals surface area contributed by atoms with Gasteiger partial charge in [0.15, 0.2) is 0 Å². The van der Waals surface area contributed by atoms with Crippen LogP contribution in [0, 0.1) is 5.92 Å². The van der Waals surface area contributed by atoms with Gasteiger partial charge in [0.1, 0.15) is 6.61 Å². The highest BCUT2D eigenvalue weighted by atomic mass is 16.5. The average molecular weight is 340 g/mol. The maximum absolute atomic E-state index is 12.7. The van der Waals surface area contributed by atoms with Crippen LogP contribution in [0.1, 0.15) is 43.8 Å². The second-order valence-corrected chi connectivity index (χ2v) is 7.05. The summed E-state index contributed by atoms with van der Waals surface area (Å²) in [7, 11) is 0. The standard InChI is InChI=1S/C19H24N4O2/c24-19(9-15-5-1-2-6-15)22-11-16-10-20-14-23(16)17(12-22)13-25-18-7-3-4-8-21-18/h3-4,7-8,10,14-15,17H,1-2,5-6,9,11-13H2/t17-/m1/s1. The van der Waals surface area contributed by atoms with Crippen LogP contribution in [0.15, 0.2) is 36.9 Å². The molecule has 0 radical (unpaired) electrons. The minimum atomic E-state index is 0.0702. The second kappa shape index (κ2) is 7.25. The van der Waals surface area contributed by atoms with Crippen LogP contribution in [0.3, 0.4) is 0 Å². The lowest BCUT2D eigenvalue weighted by Gasteiger charge is -2.34. The molecule has 2 aromatic rings. The Morgan fingerprint density at radius 2 is 2.16 bits per heavy atom. The third-order valence-corrected chi connectivity index (χ3v) is 5.28. The fourth-order valence-electron chi connectivity index (χ4n) is 3.91. The van der Waals surface area contributed by atoms with Crippen molar-refractivity contribution in [3.63, 3.8) is 0 Å². The highest BCUT2D eigenvalue weighted by molar-refractivity contribution is 5.76. The van der Waals surface area contributed by atoms with Crippen LogP contribution in [0.25, 0.3) is 0 Å². The molecule has 1 aliphatic carbocycles. The first-order valence-corrected chi connectivity index (χ1v) is 9.12. The molecule has 3 heterocycles. The smallest absolute Gasteiger partial charge is 0.223 e. The van der Waals surface area contributed by atoms with Gasteiger partial charge in [-0.15, -0.1) is 0 Å². The van der Waals surface area contributed by atoms with Gasteiger partial charge in [-0.25, -0.2) is 9.97 Å². The molecule has 6 heteroatoms. The fourth-order valence-corrected chi connectivity index (χ4v) is 3.91. The molecule has 1 atom stereocenters. The molecule has 1 saturated carbocycles. The normalized spacial score (nSPS) is 20.5. The number of amides is 1. The molecule has 0 N–H and O–H groups in total. The van der Waals surface area contributed by atoms with Crippen LogP contribution in [0.2, 0.25) is 0 Å². The van der Waals surface area contributed by atoms with Crippen LogP contribution in [0.5, 0.6) is 5.88 Å². The first kappa shape index (κ1) is 16.1. The molecule has 0 spiro atoms. The van der Waals surface area contributed by atoms with E-state index in [2.05, 4.69) is 14.5 Å². The Kier molecular flexibility index (Phi) is 4.68. The van der Waals surface area contributed by atoms with E-state index in [0.717, 1.165) is 5.69 Å². The molecule has 1 fully saturated rings. The van der Waals surface area contributed by atoms with Crippen molar-refractivity contribution in [2.45, 2.75) is 44.7 Å². The van der Waals surface area contributed by atoms with Crippen LogP contribution in [-0.2, 0) is 11.3 Å². The molecule has 0 saturated heterocycles. The third-order valence-electron chi connectivity index (χ3n) is 5.28. The van der Waals surface area contributed by atoms with Gasteiger partial charge in [-0.1, -0.05) is 18.9 Å². The molecule has 1 aliphatic heterocycles. The van der Waals surface area contributed by atoms with E-state index < -0.39 is 0 Å². The van der Waals surface area contributed by atoms with Crippen LogP contribution < -0.4 is 4.74 Å². The average Bonchev–Trinajstić information content (AvgIpc) is 3.31. The number of nitrogens with zero attached hydrogens (tertiary/aromatic N) is 4. The lowest BCUT2D eigenvalue weighted by atomic mass is 10.0. The quantitative estimate of drug-likeness (QED) is 0.840. The monoisotopic (exact) mass is 340 g/mol. The summed E-state index contributed by atoms with van der Waals surface area (Å²) in [5.74, 6) is 1.45. The maximum atomic E-state index is 12.7. The van der Waals surface area contributed by atoms with Crippen molar-refractivity contribution in [1.29, 1.82) is 0 Å². The van der Waals surface area contributed by atoms with Crippen LogP contribution in [-0.4, -0.2) is 38.5 Å². The summed E-state index contributed by atoms with van der Waals surface area (Å²) in [6.07, 6.45) is 11.0. The molecule has 0 aromatic carbocycles. The summed E-state index contributed by atoms with van der Waals surface area (Å²) in [5, 5.41) is 0. The van der Waals surface area contributed by atoms with Gasteiger partial charge >= 0.3 is 0 Å². The van der Waals surface area contributed by atoms with E-state index in [4.69, 9.17) is 4.74 Å². The molecule has 25 heavy (non-hydrogen) atoms. The van der Waals surface area contributed by atoms with Crippen molar-refractivity contribution >= 4 is 5.91 Å². The van der Waals surface area contributed by atoms with Crippen molar-refractivity contribution in [3.8, 4) is 5.88 Å². The molecular weight excluding hydrogens is 316 g/mol. The van der Waals surface area contributed by atoms with E-state index in [0.29, 0.717) is 37.9 Å². The Hall–Kier alpha value is -2.37. The van der Waals surface area contributed by atoms with E-state index in [1.807, 2.05) is 35.6 Å². The number of carbonyl (C=O) groups is 1. The Bertz CT molecular complexity index is 709. The number of rotatable bonds is 5. The summed E-state index contributed by atoms with van der Waals surface area (Å²) in [4.78, 5) is 23.2. The van der Waals surface area contributed by atoms with Crippen molar-refractivity contribution in [1.82, 2.24) is 19.4 Å². The van der Waals surface area contributed by atoms with Gasteiger partial charge in [0.25, 0.3) is 0 Å². The van der Waals surface area contributed by atoms with E-state index in [9.17, 15) is 4.79 Å². The fraction of sp³-hybridized carbons (Fsp3) is 0.526. The van der Waals surface area contributed by atoms with Gasteiger partial charge in [0.05, 0.1) is 24.6 Å². The summed E-state index contributed by atoms with van der Waals surface area (Å²) in [6, 6.07) is 5.69. The highest BCUT2D eigenvalue weighted by Crippen LogP contribution is 2.29. The van der Waals surface area contributed by atoms with Gasteiger partial charge in [0, 0.05) is 31.4 Å². The van der Waals surface area contributed by atoms with E-state index >= 15 is 0 Å². The Labute approximate surface area is 147 Å². The number of hydrogen-bond acceptors (Lipinski definition) is 4. The van der Waals surface area contributed by atoms with E-state index in [1.54, 1.807) is 6.20 Å². The number of imidazole rings is 1. The molecule has 132 valence electrons. The van der Waals surface area contributed by atoms with E-state index in [1.165, 1.54) is 25.7 Å². The summed E-state index contributed by atoms with van der Waals surface area (Å²) >= 11 is 0. The Morgan fingerprint density at radius 1 is 1.28 bits per heavy atom. The number of aromatic nitrogens is 3. The molecule has 4 rings (SSSR count). The third kappa shape index (κ3) is 3.67. The zero-order valence-electron chi connectivity index (χ0n) is 14.4. The van der Waals surface area contributed by atoms with Crippen molar-refractivity contribution in [2.75, 3.05) is 13.2 Å². The number of carbonyl (C=O) groups excluding carboxylic acids is 1. The van der Waals surface area contributed by atoms with Gasteiger partial charge < -0.3 is 14.2 Å². The predicted molar refractivity (Wildman–Crippen MR) is 93.0 cm³/mol. The zero-order valence-corrected chi connectivity index (χ0v) is 14.4. The molecule has 0 unspecified atom stereocenters. The predicted octanol–water partition coefficient (Wildman–Crippen LogP) is 2.82. The molecule has 2 aliphatic rings. The van der Waals surface area contributed by atoms with Crippen molar-refractivity contribution in [3.05, 3.63) is 42.6 Å². The van der Waals surface area contributed by atoms with Gasteiger partial charge in [-0.3, -0.25) is 4.79 Å². The highest BCUT2D eigenvalue weighted by Gasteiger charge is 2.30. The molecule has 1 amide bonds. The Balaban J connectivity index is 1.42. The zero-order chi connectivity index (χ0) is 17.1. The minimum absolute atomic E-state index is 0.0702. The lowest BCUT2D eigenvalue weighted by molar-refractivity contribution is -0.134. The number of pyridine rings is 1. The van der Waals surface area contributed by atoms with Crippen molar-refractivity contribution in [2.24, 2.45) is 5.92 Å². The molecule has 0 bridgehead atoms.